The Morgan fingerprint density at radius 2 is 1.71 bits per heavy atom. The standard InChI is InChI=1S/C4H5I3/c1-2-3-4(5,6)7/h2-3H,1H3. The van der Waals surface area contributed by atoms with Crippen LogP contribution in [0.4, 0.5) is 0 Å². The first kappa shape index (κ1) is 8.93. The summed E-state index contributed by atoms with van der Waals surface area (Å²) in [5.41, 5.74) is 0. The van der Waals surface area contributed by atoms with Crippen LogP contribution in [-0.4, -0.2) is -0.565 Å². The molecule has 0 rings (SSSR count). The Labute approximate surface area is 84.9 Å². The predicted molar refractivity (Wildman–Crippen MR) is 59.6 cm³/mol. The van der Waals surface area contributed by atoms with Crippen LogP contribution >= 0.6 is 67.8 Å². The molecule has 0 aliphatic heterocycles. The molecular weight excluding hydrogens is 429 g/mol. The first-order valence-electron chi connectivity index (χ1n) is 1.77. The number of allylic oxidation sites excluding steroid dienone is 2. The molecule has 7 heavy (non-hydrogen) atoms. The van der Waals surface area contributed by atoms with Gasteiger partial charge in [-0.15, -0.1) is 0 Å². The van der Waals surface area contributed by atoms with Crippen LogP contribution in [0, 0.1) is 0 Å². The molecule has 0 N–H and O–H groups in total. The van der Waals surface area contributed by atoms with Crippen LogP contribution in [0.1, 0.15) is 6.92 Å². The highest BCUT2D eigenvalue weighted by molar-refractivity contribution is 14.3. The maximum Gasteiger partial charge on any atom is 0.142 e. The third-order valence-electron chi connectivity index (χ3n) is 0.356. The molecule has 0 unspecified atom stereocenters. The zero-order valence-electron chi connectivity index (χ0n) is 3.79. The van der Waals surface area contributed by atoms with Crippen molar-refractivity contribution in [2.45, 2.75) is 6.36 Å². The fourth-order valence-electron chi connectivity index (χ4n) is 0.189. The van der Waals surface area contributed by atoms with E-state index in [2.05, 4.69) is 79.9 Å². The van der Waals surface area contributed by atoms with Gasteiger partial charge in [-0.2, -0.15) is 0 Å². The summed E-state index contributed by atoms with van der Waals surface area (Å²) in [6, 6.07) is 0. The van der Waals surface area contributed by atoms with E-state index in [1.165, 1.54) is 0 Å². The second kappa shape index (κ2) is 3.86. The third kappa shape index (κ3) is 7.93. The molecule has 0 fully saturated rings. The van der Waals surface area contributed by atoms with Crippen molar-refractivity contribution < 1.29 is 0 Å². The van der Waals surface area contributed by atoms with E-state index in [9.17, 15) is 0 Å². The fourth-order valence-corrected chi connectivity index (χ4v) is 1.27. The normalized spacial score (nSPS) is 13.1. The van der Waals surface area contributed by atoms with Crippen molar-refractivity contribution in [3.63, 3.8) is 0 Å². The van der Waals surface area contributed by atoms with Gasteiger partial charge in [0.15, 0.2) is 0 Å². The fraction of sp³-hybridized carbons (Fsp3) is 0.500. The Morgan fingerprint density at radius 1 is 1.29 bits per heavy atom. The molecule has 0 saturated heterocycles. The Hall–Kier alpha value is 1.93. The van der Waals surface area contributed by atoms with Crippen LogP contribution in [0.5, 0.6) is 0 Å². The molecule has 0 heterocycles. The highest BCUT2D eigenvalue weighted by Gasteiger charge is 2.09. The minimum Gasteiger partial charge on any atom is -0.0888 e. The summed E-state index contributed by atoms with van der Waals surface area (Å²) < 4.78 is 0.280. The summed E-state index contributed by atoms with van der Waals surface area (Å²) in [5, 5.41) is 0. The molecule has 0 aromatic heterocycles. The van der Waals surface area contributed by atoms with Crippen molar-refractivity contribution >= 4 is 67.8 Å². The van der Waals surface area contributed by atoms with E-state index in [1.54, 1.807) is 0 Å². The van der Waals surface area contributed by atoms with Gasteiger partial charge in [-0.3, -0.25) is 0 Å². The lowest BCUT2D eigenvalue weighted by Crippen LogP contribution is -1.88. The SMILES string of the molecule is CC=CC(I)(I)I. The second-order valence-electron chi connectivity index (χ2n) is 1.04. The average Bonchev–Trinajstić information content (AvgIpc) is 1.30. The minimum absolute atomic E-state index is 0.280. The summed E-state index contributed by atoms with van der Waals surface area (Å²) >= 11 is 7.09. The molecule has 0 aromatic carbocycles. The Bertz CT molecular complexity index is 69.5. The maximum atomic E-state index is 2.36. The molecule has 0 atom stereocenters. The summed E-state index contributed by atoms with van der Waals surface area (Å²) in [7, 11) is 0. The number of halogens is 3. The van der Waals surface area contributed by atoms with E-state index in [-0.39, 0.29) is -0.565 Å². The van der Waals surface area contributed by atoms with Gasteiger partial charge in [-0.05, 0) is 6.92 Å². The van der Waals surface area contributed by atoms with Gasteiger partial charge >= 0.3 is 0 Å². The van der Waals surface area contributed by atoms with E-state index in [4.69, 9.17) is 0 Å². The average molecular weight is 434 g/mol. The van der Waals surface area contributed by atoms with E-state index < -0.39 is 0 Å². The highest BCUT2D eigenvalue weighted by Crippen LogP contribution is 2.36. The Kier molecular flexibility index (Phi) is 4.93. The van der Waals surface area contributed by atoms with Gasteiger partial charge < -0.3 is 0 Å². The number of alkyl halides is 3. The smallest absolute Gasteiger partial charge is 0.0888 e. The molecule has 42 valence electrons. The number of hydrogen-bond donors (Lipinski definition) is 0. The molecular formula is C4H5I3. The molecule has 0 aliphatic rings. The molecule has 0 aliphatic carbocycles. The molecule has 0 radical (unpaired) electrons. The lowest BCUT2D eigenvalue weighted by atomic mass is 10.6. The second-order valence-corrected chi connectivity index (χ2v) is 12.3. The molecule has 3 heteroatoms. The third-order valence-corrected chi connectivity index (χ3v) is 1.43. The van der Waals surface area contributed by atoms with Crippen molar-refractivity contribution in [1.29, 1.82) is 0 Å². The van der Waals surface area contributed by atoms with Crippen molar-refractivity contribution in [1.82, 2.24) is 0 Å². The van der Waals surface area contributed by atoms with Gasteiger partial charge in [0.25, 0.3) is 0 Å². The molecule has 0 bridgehead atoms. The Balaban J connectivity index is 3.56. The lowest BCUT2D eigenvalue weighted by molar-refractivity contribution is 1.64. The molecule has 0 aromatic rings. The van der Waals surface area contributed by atoms with Crippen molar-refractivity contribution in [2.24, 2.45) is 0 Å². The van der Waals surface area contributed by atoms with Crippen LogP contribution in [0.25, 0.3) is 0 Å². The quantitative estimate of drug-likeness (QED) is 0.337. The van der Waals surface area contributed by atoms with Crippen molar-refractivity contribution in [3.05, 3.63) is 12.2 Å². The maximum absolute atomic E-state index is 2.36. The number of rotatable bonds is 1. The van der Waals surface area contributed by atoms with Gasteiger partial charge in [0.1, 0.15) is -0.565 Å². The topological polar surface area (TPSA) is 0 Å². The van der Waals surface area contributed by atoms with E-state index >= 15 is 0 Å². The first-order valence-corrected chi connectivity index (χ1v) is 5.00. The summed E-state index contributed by atoms with van der Waals surface area (Å²) in [6.45, 7) is 2.03. The van der Waals surface area contributed by atoms with Gasteiger partial charge in [0.2, 0.25) is 0 Å². The van der Waals surface area contributed by atoms with Gasteiger partial charge in [-0.25, -0.2) is 0 Å². The highest BCUT2D eigenvalue weighted by atomic mass is 127. The van der Waals surface area contributed by atoms with Crippen LogP contribution in [0.15, 0.2) is 12.2 Å². The van der Waals surface area contributed by atoms with E-state index in [0.717, 1.165) is 0 Å². The predicted octanol–water partition coefficient (Wildman–Crippen LogP) is 3.52. The van der Waals surface area contributed by atoms with E-state index in [0.29, 0.717) is 0 Å². The number of hydrogen-bond acceptors (Lipinski definition) is 0. The summed E-state index contributed by atoms with van der Waals surface area (Å²) in [5.74, 6) is 0. The molecule has 0 amide bonds. The Morgan fingerprint density at radius 3 is 1.71 bits per heavy atom. The zero-order valence-corrected chi connectivity index (χ0v) is 10.3. The van der Waals surface area contributed by atoms with Crippen LogP contribution < -0.4 is 0 Å². The van der Waals surface area contributed by atoms with Gasteiger partial charge in [-0.1, -0.05) is 79.9 Å². The summed E-state index contributed by atoms with van der Waals surface area (Å²) in [6.07, 6.45) is 4.21. The zero-order chi connectivity index (χ0) is 5.91. The minimum atomic E-state index is 0.280. The van der Waals surface area contributed by atoms with Crippen molar-refractivity contribution in [2.75, 3.05) is 0 Å². The first-order chi connectivity index (χ1) is 3.06. The van der Waals surface area contributed by atoms with Crippen LogP contribution in [0.2, 0.25) is 0 Å². The van der Waals surface area contributed by atoms with Crippen LogP contribution in [0.3, 0.4) is 0 Å². The molecule has 0 nitrogen and oxygen atoms in total. The largest absolute Gasteiger partial charge is 0.142 e. The molecule has 0 spiro atoms. The summed E-state index contributed by atoms with van der Waals surface area (Å²) in [4.78, 5) is 0. The lowest BCUT2D eigenvalue weighted by Gasteiger charge is -2.01. The van der Waals surface area contributed by atoms with Crippen molar-refractivity contribution in [3.8, 4) is 0 Å². The monoisotopic (exact) mass is 434 g/mol. The molecule has 0 saturated carbocycles. The van der Waals surface area contributed by atoms with Crippen LogP contribution in [-0.2, 0) is 0 Å². The van der Waals surface area contributed by atoms with E-state index in [1.807, 2.05) is 6.92 Å². The van der Waals surface area contributed by atoms with Gasteiger partial charge in [0.05, 0.1) is 0 Å². The van der Waals surface area contributed by atoms with Gasteiger partial charge in [0, 0.05) is 0 Å².